The normalized spacial score (nSPS) is 25.1. The Labute approximate surface area is 90.1 Å². The predicted molar refractivity (Wildman–Crippen MR) is 62.8 cm³/mol. The third kappa shape index (κ3) is 1.37. The van der Waals surface area contributed by atoms with E-state index in [2.05, 4.69) is 32.9 Å². The van der Waals surface area contributed by atoms with Crippen LogP contribution < -0.4 is 5.73 Å². The molecule has 1 aliphatic rings. The second kappa shape index (κ2) is 3.59. The molecule has 0 bridgehead atoms. The van der Waals surface area contributed by atoms with Crippen LogP contribution in [0, 0.1) is 13.8 Å². The summed E-state index contributed by atoms with van der Waals surface area (Å²) in [6.07, 6.45) is 1.15. The molecule has 2 N–H and O–H groups in total. The van der Waals surface area contributed by atoms with Gasteiger partial charge in [0.25, 0.3) is 0 Å². The number of nitrogens with two attached hydrogens (primary N) is 1. The van der Waals surface area contributed by atoms with Crippen molar-refractivity contribution in [2.45, 2.75) is 43.4 Å². The van der Waals surface area contributed by atoms with Gasteiger partial charge < -0.3 is 5.73 Å². The Hall–Kier alpha value is -0.470. The smallest absolute Gasteiger partial charge is 0.0432 e. The van der Waals surface area contributed by atoms with Gasteiger partial charge in [0.05, 0.1) is 0 Å². The third-order valence-electron chi connectivity index (χ3n) is 3.02. The van der Waals surface area contributed by atoms with Gasteiger partial charge in [-0.1, -0.05) is 19.1 Å². The zero-order valence-corrected chi connectivity index (χ0v) is 9.82. The van der Waals surface area contributed by atoms with E-state index in [1.54, 1.807) is 0 Å². The van der Waals surface area contributed by atoms with Crippen molar-refractivity contribution in [1.82, 2.24) is 0 Å². The number of benzene rings is 1. The molecule has 1 nitrogen and oxygen atoms in total. The van der Waals surface area contributed by atoms with Gasteiger partial charge in [-0.05, 0) is 37.0 Å². The van der Waals surface area contributed by atoms with Gasteiger partial charge in [-0.25, -0.2) is 0 Å². The average molecular weight is 207 g/mol. The summed E-state index contributed by atoms with van der Waals surface area (Å²) in [5.41, 5.74) is 10.4. The van der Waals surface area contributed by atoms with Gasteiger partial charge in [0, 0.05) is 16.2 Å². The van der Waals surface area contributed by atoms with Gasteiger partial charge in [-0.2, -0.15) is 0 Å². The summed E-state index contributed by atoms with van der Waals surface area (Å²) in [4.78, 5) is 1.43. The Morgan fingerprint density at radius 3 is 2.50 bits per heavy atom. The maximum Gasteiger partial charge on any atom is 0.0432 e. The lowest BCUT2D eigenvalue weighted by atomic mass is 9.97. The Bertz CT molecular complexity index is 360. The SMILES string of the molecule is CCC1Sc2c(C)ccc(C)c2C1N. The van der Waals surface area contributed by atoms with Crippen molar-refractivity contribution in [3.8, 4) is 0 Å². The zero-order chi connectivity index (χ0) is 10.3. The van der Waals surface area contributed by atoms with Crippen LogP contribution in [0.25, 0.3) is 0 Å². The van der Waals surface area contributed by atoms with E-state index in [0.29, 0.717) is 5.25 Å². The monoisotopic (exact) mass is 207 g/mol. The van der Waals surface area contributed by atoms with Gasteiger partial charge in [0.1, 0.15) is 0 Å². The highest BCUT2D eigenvalue weighted by atomic mass is 32.2. The Morgan fingerprint density at radius 1 is 1.29 bits per heavy atom. The van der Waals surface area contributed by atoms with Gasteiger partial charge in [0.15, 0.2) is 0 Å². The molecule has 76 valence electrons. The second-order valence-corrected chi connectivity index (χ2v) is 5.28. The number of rotatable bonds is 1. The number of aryl methyl sites for hydroxylation is 2. The second-order valence-electron chi connectivity index (χ2n) is 4.03. The van der Waals surface area contributed by atoms with Crippen molar-refractivity contribution < 1.29 is 0 Å². The Balaban J connectivity index is 2.52. The van der Waals surface area contributed by atoms with E-state index in [0.717, 1.165) is 6.42 Å². The van der Waals surface area contributed by atoms with Crippen LogP contribution >= 0.6 is 11.8 Å². The molecule has 0 amide bonds. The van der Waals surface area contributed by atoms with E-state index in [1.807, 2.05) is 11.8 Å². The minimum Gasteiger partial charge on any atom is -0.323 e. The van der Waals surface area contributed by atoms with Crippen LogP contribution in [0.2, 0.25) is 0 Å². The van der Waals surface area contributed by atoms with E-state index in [9.17, 15) is 0 Å². The quantitative estimate of drug-likeness (QED) is 0.765. The molecular weight excluding hydrogens is 190 g/mol. The van der Waals surface area contributed by atoms with Crippen molar-refractivity contribution in [2.75, 3.05) is 0 Å². The van der Waals surface area contributed by atoms with Crippen LogP contribution in [-0.4, -0.2) is 5.25 Å². The molecule has 1 aliphatic heterocycles. The third-order valence-corrected chi connectivity index (χ3v) is 4.72. The van der Waals surface area contributed by atoms with E-state index in [4.69, 9.17) is 5.73 Å². The van der Waals surface area contributed by atoms with Crippen molar-refractivity contribution in [2.24, 2.45) is 5.73 Å². The standard InChI is InChI=1S/C12H17NS/c1-4-9-11(13)10-7(2)5-6-8(3)12(10)14-9/h5-6,9,11H,4,13H2,1-3H3. The average Bonchev–Trinajstić information content (AvgIpc) is 2.51. The lowest BCUT2D eigenvalue weighted by Crippen LogP contribution is -2.19. The molecular formula is C12H17NS. The first-order valence-electron chi connectivity index (χ1n) is 5.17. The van der Waals surface area contributed by atoms with E-state index >= 15 is 0 Å². The number of hydrogen-bond donors (Lipinski definition) is 1. The molecule has 0 aromatic heterocycles. The largest absolute Gasteiger partial charge is 0.323 e. The van der Waals surface area contributed by atoms with Crippen LogP contribution in [0.15, 0.2) is 17.0 Å². The number of fused-ring (bicyclic) bond motifs is 1. The molecule has 0 radical (unpaired) electrons. The maximum absolute atomic E-state index is 6.25. The summed E-state index contributed by atoms with van der Waals surface area (Å²) in [6, 6.07) is 4.62. The highest BCUT2D eigenvalue weighted by Crippen LogP contribution is 2.47. The minimum absolute atomic E-state index is 0.236. The Morgan fingerprint density at radius 2 is 1.93 bits per heavy atom. The van der Waals surface area contributed by atoms with E-state index in [1.165, 1.54) is 21.6 Å². The summed E-state index contributed by atoms with van der Waals surface area (Å²) < 4.78 is 0. The van der Waals surface area contributed by atoms with Gasteiger partial charge in [-0.3, -0.25) is 0 Å². The fourth-order valence-corrected chi connectivity index (χ4v) is 3.56. The first-order chi connectivity index (χ1) is 6.65. The van der Waals surface area contributed by atoms with Crippen LogP contribution in [0.4, 0.5) is 0 Å². The van der Waals surface area contributed by atoms with Gasteiger partial charge >= 0.3 is 0 Å². The molecule has 1 heterocycles. The van der Waals surface area contributed by atoms with Crippen LogP contribution in [0.3, 0.4) is 0 Å². The molecule has 0 saturated heterocycles. The van der Waals surface area contributed by atoms with E-state index in [-0.39, 0.29) is 6.04 Å². The number of hydrogen-bond acceptors (Lipinski definition) is 2. The van der Waals surface area contributed by atoms with Crippen molar-refractivity contribution in [1.29, 1.82) is 0 Å². The molecule has 1 aromatic rings. The summed E-state index contributed by atoms with van der Waals surface area (Å²) in [7, 11) is 0. The highest BCUT2D eigenvalue weighted by molar-refractivity contribution is 8.00. The van der Waals surface area contributed by atoms with Gasteiger partial charge in [-0.15, -0.1) is 11.8 Å². The Kier molecular flexibility index (Phi) is 2.58. The minimum atomic E-state index is 0.236. The molecule has 2 atom stereocenters. The summed E-state index contributed by atoms with van der Waals surface area (Å²) in [5, 5.41) is 0.574. The van der Waals surface area contributed by atoms with Crippen LogP contribution in [0.1, 0.15) is 36.1 Å². The first kappa shape index (κ1) is 10.1. The number of thioether (sulfide) groups is 1. The zero-order valence-electron chi connectivity index (χ0n) is 9.00. The van der Waals surface area contributed by atoms with Crippen LogP contribution in [-0.2, 0) is 0 Å². The summed E-state index contributed by atoms with van der Waals surface area (Å²) in [6.45, 7) is 6.56. The lowest BCUT2D eigenvalue weighted by Gasteiger charge is -2.13. The molecule has 2 unspecified atom stereocenters. The molecule has 2 heteroatoms. The fourth-order valence-electron chi connectivity index (χ4n) is 2.13. The molecule has 2 rings (SSSR count). The summed E-state index contributed by atoms with van der Waals surface area (Å²) >= 11 is 1.96. The maximum atomic E-state index is 6.25. The predicted octanol–water partition coefficient (Wildman–Crippen LogP) is 3.19. The first-order valence-corrected chi connectivity index (χ1v) is 6.05. The molecule has 0 spiro atoms. The van der Waals surface area contributed by atoms with Crippen molar-refractivity contribution in [3.63, 3.8) is 0 Å². The lowest BCUT2D eigenvalue weighted by molar-refractivity contribution is 0.662. The van der Waals surface area contributed by atoms with E-state index < -0.39 is 0 Å². The molecule has 0 fully saturated rings. The summed E-state index contributed by atoms with van der Waals surface area (Å²) in [5.74, 6) is 0. The fraction of sp³-hybridized carbons (Fsp3) is 0.500. The van der Waals surface area contributed by atoms with Crippen molar-refractivity contribution >= 4 is 11.8 Å². The molecule has 0 aliphatic carbocycles. The van der Waals surface area contributed by atoms with Crippen molar-refractivity contribution in [3.05, 3.63) is 28.8 Å². The van der Waals surface area contributed by atoms with Crippen LogP contribution in [0.5, 0.6) is 0 Å². The van der Waals surface area contributed by atoms with Gasteiger partial charge in [0.2, 0.25) is 0 Å². The molecule has 14 heavy (non-hydrogen) atoms. The highest BCUT2D eigenvalue weighted by Gasteiger charge is 2.31. The molecule has 1 aromatic carbocycles. The topological polar surface area (TPSA) is 26.0 Å². The molecule has 0 saturated carbocycles.